The number of allylic oxidation sites excluding steroid dienone is 3. The van der Waals surface area contributed by atoms with Crippen LogP contribution in [0.3, 0.4) is 0 Å². The van der Waals surface area contributed by atoms with Crippen LogP contribution >= 0.6 is 0 Å². The molecular weight excluding hydrogens is 607 g/mol. The molecule has 0 amide bonds. The van der Waals surface area contributed by atoms with E-state index in [0.717, 1.165) is 50.1 Å². The molecule has 0 atom stereocenters. The maximum Gasteiger partial charge on any atom is 0.164 e. The average molecular weight is 632 g/mol. The highest BCUT2D eigenvalue weighted by atomic mass is 15.0. The summed E-state index contributed by atoms with van der Waals surface area (Å²) in [6.45, 7) is 5.30. The van der Waals surface area contributed by atoms with Crippen LogP contribution in [0, 0.1) is 34.0 Å². The van der Waals surface area contributed by atoms with Gasteiger partial charge in [0.2, 0.25) is 0 Å². The fraction of sp³-hybridized carbons (Fsp3) is 0.0250. The lowest BCUT2D eigenvalue weighted by atomic mass is 10.0. The van der Waals surface area contributed by atoms with E-state index in [2.05, 4.69) is 39.9 Å². The van der Waals surface area contributed by atoms with Gasteiger partial charge in [0.25, 0.3) is 0 Å². The number of pyridine rings is 2. The van der Waals surface area contributed by atoms with Crippen molar-refractivity contribution in [3.05, 3.63) is 144 Å². The highest BCUT2D eigenvalue weighted by Gasteiger charge is 2.14. The molecule has 3 aromatic heterocycles. The zero-order valence-corrected chi connectivity index (χ0v) is 26.3. The first-order chi connectivity index (χ1) is 24.0. The van der Waals surface area contributed by atoms with Gasteiger partial charge in [-0.15, -0.1) is 0 Å². The monoisotopic (exact) mass is 631 g/mol. The van der Waals surface area contributed by atoms with Crippen LogP contribution in [0.4, 0.5) is 0 Å². The predicted octanol–water partition coefficient (Wildman–Crippen LogP) is 8.25. The zero-order chi connectivity index (χ0) is 34.2. The van der Waals surface area contributed by atoms with Gasteiger partial charge >= 0.3 is 0 Å². The molecule has 49 heavy (non-hydrogen) atoms. The summed E-state index contributed by atoms with van der Waals surface area (Å²) in [7, 11) is 0. The fourth-order valence-corrected chi connectivity index (χ4v) is 5.08. The summed E-state index contributed by atoms with van der Waals surface area (Å²) in [5.41, 5.74) is 8.94. The quantitative estimate of drug-likeness (QED) is 0.0926. The largest absolute Gasteiger partial charge is 0.272 e. The summed E-state index contributed by atoms with van der Waals surface area (Å²) in [6, 6.07) is 33.2. The van der Waals surface area contributed by atoms with Crippen LogP contribution < -0.4 is 0 Å². The van der Waals surface area contributed by atoms with Crippen molar-refractivity contribution in [2.75, 3.05) is 0 Å². The van der Waals surface area contributed by atoms with Crippen molar-refractivity contribution >= 4 is 12.3 Å². The Labute approximate surface area is 283 Å². The molecule has 0 aliphatic rings. The van der Waals surface area contributed by atoms with Crippen LogP contribution in [0.5, 0.6) is 0 Å². The Balaban J connectivity index is 1.41. The van der Waals surface area contributed by atoms with E-state index < -0.39 is 0 Å². The fourth-order valence-electron chi connectivity index (χ4n) is 5.08. The first kappa shape index (κ1) is 31.6. The lowest BCUT2D eigenvalue weighted by Gasteiger charge is -2.10. The van der Waals surface area contributed by atoms with Gasteiger partial charge in [-0.3, -0.25) is 15.0 Å². The lowest BCUT2D eigenvalue weighted by molar-refractivity contribution is 1.07. The van der Waals surface area contributed by atoms with E-state index in [1.165, 1.54) is 12.4 Å². The van der Waals surface area contributed by atoms with E-state index in [-0.39, 0.29) is 0 Å². The summed E-state index contributed by atoms with van der Waals surface area (Å²) >= 11 is 0. The molecule has 0 saturated carbocycles. The minimum absolute atomic E-state index is 0.479. The Hall–Kier alpha value is -7.41. The van der Waals surface area contributed by atoms with Gasteiger partial charge in [0.1, 0.15) is 12.1 Å². The van der Waals surface area contributed by atoms with Crippen LogP contribution in [0.15, 0.2) is 133 Å². The Morgan fingerprint density at radius 2 is 1.00 bits per heavy atom. The van der Waals surface area contributed by atoms with E-state index in [4.69, 9.17) is 15.0 Å². The van der Waals surface area contributed by atoms with Gasteiger partial charge in [-0.2, -0.15) is 15.8 Å². The summed E-state index contributed by atoms with van der Waals surface area (Å²) in [5.74, 6) is 1.45. The molecule has 0 bridgehead atoms. The normalized spacial score (nSPS) is 11.2. The number of aromatic nitrogens is 5. The number of nitrogens with zero attached hydrogens (tertiary/aromatic N) is 9. The van der Waals surface area contributed by atoms with Gasteiger partial charge in [0.05, 0.1) is 17.2 Å². The second-order valence-electron chi connectivity index (χ2n) is 10.9. The number of hydrogen-bond acceptors (Lipinski definition) is 9. The topological polar surface area (TPSA) is 148 Å². The van der Waals surface area contributed by atoms with Crippen LogP contribution in [-0.4, -0.2) is 31.6 Å². The molecule has 0 saturated heterocycles. The highest BCUT2D eigenvalue weighted by Crippen LogP contribution is 2.29. The number of benzene rings is 3. The third-order valence-electron chi connectivity index (χ3n) is 7.58. The number of hydrogen-bond donors (Lipinski definition) is 0. The maximum absolute atomic E-state index is 9.30. The van der Waals surface area contributed by atoms with E-state index in [1.54, 1.807) is 43.7 Å². The molecule has 6 aromatic rings. The Morgan fingerprint density at radius 3 is 1.39 bits per heavy atom. The molecule has 0 N–H and O–H groups in total. The van der Waals surface area contributed by atoms with Crippen molar-refractivity contribution in [3.63, 3.8) is 0 Å². The standard InChI is InChI=1S/C40H25N9/c1-26(18-41)15-35(23-44-2)29-3-9-32(10-4-29)38-47-39(33-11-5-30(6-12-33)36-16-27(19-42)21-45-24-36)49-40(48-38)34-13-7-31(8-14-34)37-17-28(20-43)22-46-25-37/h3-17,21-25H,2H2,1H3/b26-15+,35-23+. The van der Waals surface area contributed by atoms with Crippen LogP contribution in [0.25, 0.3) is 62.0 Å². The van der Waals surface area contributed by atoms with E-state index in [9.17, 15) is 15.8 Å². The molecule has 0 spiro atoms. The molecule has 0 fully saturated rings. The molecule has 6 rings (SSSR count). The van der Waals surface area contributed by atoms with Gasteiger partial charge in [-0.05, 0) is 48.5 Å². The van der Waals surface area contributed by atoms with Gasteiger partial charge < -0.3 is 0 Å². The molecule has 3 heterocycles. The molecule has 9 nitrogen and oxygen atoms in total. The smallest absolute Gasteiger partial charge is 0.164 e. The highest BCUT2D eigenvalue weighted by molar-refractivity contribution is 5.78. The molecule has 9 heteroatoms. The van der Waals surface area contributed by atoms with Crippen molar-refractivity contribution in [3.8, 4) is 74.6 Å². The maximum atomic E-state index is 9.30. The van der Waals surface area contributed by atoms with Crippen LogP contribution in [0.2, 0.25) is 0 Å². The van der Waals surface area contributed by atoms with Crippen LogP contribution in [0.1, 0.15) is 23.6 Å². The van der Waals surface area contributed by atoms with Crippen molar-refractivity contribution in [2.45, 2.75) is 6.92 Å². The third kappa shape index (κ3) is 7.21. The predicted molar refractivity (Wildman–Crippen MR) is 189 cm³/mol. The summed E-state index contributed by atoms with van der Waals surface area (Å²) < 4.78 is 0. The molecule has 0 radical (unpaired) electrons. The first-order valence-electron chi connectivity index (χ1n) is 15.0. The van der Waals surface area contributed by atoms with E-state index in [0.29, 0.717) is 34.2 Å². The minimum Gasteiger partial charge on any atom is -0.272 e. The second kappa shape index (κ2) is 14.3. The number of rotatable bonds is 8. The van der Waals surface area contributed by atoms with Gasteiger partial charge in [0.15, 0.2) is 17.5 Å². The van der Waals surface area contributed by atoms with Crippen molar-refractivity contribution < 1.29 is 0 Å². The van der Waals surface area contributed by atoms with Gasteiger partial charge in [-0.25, -0.2) is 15.0 Å². The Bertz CT molecular complexity index is 2250. The summed E-state index contributed by atoms with van der Waals surface area (Å²) in [6.07, 6.45) is 9.87. The van der Waals surface area contributed by atoms with Crippen molar-refractivity contribution in [2.24, 2.45) is 4.99 Å². The SMILES string of the molecule is C=N/C=C(\C=C(/C)C#N)c1ccc(-c2nc(-c3ccc(-c4cncc(C#N)c4)cc3)nc(-c3ccc(-c4cncc(C#N)c4)cc3)n2)cc1. The summed E-state index contributed by atoms with van der Waals surface area (Å²) in [4.78, 5) is 26.9. The van der Waals surface area contributed by atoms with E-state index in [1.807, 2.05) is 72.8 Å². The summed E-state index contributed by atoms with van der Waals surface area (Å²) in [5, 5.41) is 27.9. The first-order valence-corrected chi connectivity index (χ1v) is 15.0. The molecule has 0 unspecified atom stereocenters. The van der Waals surface area contributed by atoms with Crippen LogP contribution in [-0.2, 0) is 0 Å². The molecule has 0 aliphatic carbocycles. The average Bonchev–Trinajstić information content (AvgIpc) is 3.17. The number of aliphatic imine (C=N–C) groups is 1. The molecule has 0 aliphatic heterocycles. The van der Waals surface area contributed by atoms with E-state index >= 15 is 0 Å². The van der Waals surface area contributed by atoms with Crippen molar-refractivity contribution in [1.82, 2.24) is 24.9 Å². The molecule has 230 valence electrons. The van der Waals surface area contributed by atoms with Gasteiger partial charge in [-0.1, -0.05) is 72.8 Å². The third-order valence-corrected chi connectivity index (χ3v) is 7.58. The van der Waals surface area contributed by atoms with Crippen molar-refractivity contribution in [1.29, 1.82) is 15.8 Å². The molecule has 3 aromatic carbocycles. The number of nitriles is 3. The lowest BCUT2D eigenvalue weighted by Crippen LogP contribution is -2.00. The second-order valence-corrected chi connectivity index (χ2v) is 10.9. The van der Waals surface area contributed by atoms with Gasteiger partial charge in [0, 0.05) is 70.0 Å². The minimum atomic E-state index is 0.479. The Kier molecular flexibility index (Phi) is 9.24. The zero-order valence-electron chi connectivity index (χ0n) is 26.3. The molecular formula is C40H25N9. The Morgan fingerprint density at radius 1 is 0.592 bits per heavy atom.